The summed E-state index contributed by atoms with van der Waals surface area (Å²) in [6.45, 7) is 2.06. The fraction of sp³-hybridized carbons (Fsp3) is 0.462. The average molecular weight is 279 g/mol. The number of nitrogens with zero attached hydrogens (tertiary/aromatic N) is 2. The number of pyridine rings is 1. The van der Waals surface area contributed by atoms with Crippen LogP contribution in [0.4, 0.5) is 0 Å². The summed E-state index contributed by atoms with van der Waals surface area (Å²) in [5, 5.41) is 0.156. The minimum atomic E-state index is -3.50. The topological polar surface area (TPSA) is 63.5 Å². The van der Waals surface area contributed by atoms with E-state index in [1.807, 2.05) is 22.7 Å². The standard InChI is InChI=1S/C13H17N3O2S/c1-2-5-12-14-13(11-6-3-4-9-16(11)12)19(17,18)15-10-7-8-10/h3-4,6,9-10,15H,2,5,7-8H2,1H3. The highest BCUT2D eigenvalue weighted by atomic mass is 32.2. The zero-order valence-corrected chi connectivity index (χ0v) is 11.7. The lowest BCUT2D eigenvalue weighted by Gasteiger charge is -2.02. The number of hydrogen-bond acceptors (Lipinski definition) is 3. The van der Waals surface area contributed by atoms with Crippen LogP contribution in [0.15, 0.2) is 29.4 Å². The lowest BCUT2D eigenvalue weighted by molar-refractivity contribution is 0.578. The summed E-state index contributed by atoms with van der Waals surface area (Å²) in [5.41, 5.74) is 0.652. The van der Waals surface area contributed by atoms with Gasteiger partial charge in [-0.25, -0.2) is 18.1 Å². The summed E-state index contributed by atoms with van der Waals surface area (Å²) in [6, 6.07) is 5.62. The van der Waals surface area contributed by atoms with E-state index in [9.17, 15) is 8.42 Å². The zero-order chi connectivity index (χ0) is 13.5. The first kappa shape index (κ1) is 12.6. The molecule has 0 saturated heterocycles. The molecule has 2 aromatic rings. The monoisotopic (exact) mass is 279 g/mol. The van der Waals surface area contributed by atoms with E-state index in [-0.39, 0.29) is 11.1 Å². The number of imidazole rings is 1. The first-order valence-corrected chi connectivity index (χ1v) is 8.08. The van der Waals surface area contributed by atoms with Gasteiger partial charge in [0.25, 0.3) is 10.0 Å². The van der Waals surface area contributed by atoms with Crippen LogP contribution in [0.5, 0.6) is 0 Å². The molecule has 0 aliphatic heterocycles. The van der Waals surface area contributed by atoms with Gasteiger partial charge in [-0.15, -0.1) is 0 Å². The van der Waals surface area contributed by atoms with Crippen LogP contribution in [0.2, 0.25) is 0 Å². The molecule has 1 aliphatic carbocycles. The molecular formula is C13H17N3O2S. The van der Waals surface area contributed by atoms with E-state index in [1.165, 1.54) is 0 Å². The first-order chi connectivity index (χ1) is 9.12. The molecule has 0 unspecified atom stereocenters. The Labute approximate surface area is 112 Å². The second kappa shape index (κ2) is 4.61. The molecule has 6 heteroatoms. The maximum atomic E-state index is 12.3. The highest BCUT2D eigenvalue weighted by Crippen LogP contribution is 2.24. The number of nitrogens with one attached hydrogen (secondary N) is 1. The van der Waals surface area contributed by atoms with Gasteiger partial charge < -0.3 is 4.40 Å². The van der Waals surface area contributed by atoms with Crippen LogP contribution >= 0.6 is 0 Å². The van der Waals surface area contributed by atoms with Crippen molar-refractivity contribution < 1.29 is 8.42 Å². The quantitative estimate of drug-likeness (QED) is 0.906. The van der Waals surface area contributed by atoms with Crippen molar-refractivity contribution in [3.63, 3.8) is 0 Å². The van der Waals surface area contributed by atoms with E-state index >= 15 is 0 Å². The molecule has 2 heterocycles. The molecule has 5 nitrogen and oxygen atoms in total. The maximum Gasteiger partial charge on any atom is 0.260 e. The van der Waals surface area contributed by atoms with Crippen molar-refractivity contribution in [2.75, 3.05) is 0 Å². The van der Waals surface area contributed by atoms with Crippen molar-refractivity contribution in [2.24, 2.45) is 0 Å². The molecule has 1 N–H and O–H groups in total. The maximum absolute atomic E-state index is 12.3. The van der Waals surface area contributed by atoms with Crippen LogP contribution in [0, 0.1) is 0 Å². The third-order valence-electron chi connectivity index (χ3n) is 3.21. The van der Waals surface area contributed by atoms with Gasteiger partial charge in [0.05, 0.1) is 5.52 Å². The molecule has 1 aliphatic rings. The smallest absolute Gasteiger partial charge is 0.260 e. The van der Waals surface area contributed by atoms with Crippen molar-refractivity contribution in [3.05, 3.63) is 30.2 Å². The van der Waals surface area contributed by atoms with Crippen molar-refractivity contribution >= 4 is 15.5 Å². The molecular weight excluding hydrogens is 262 g/mol. The van der Waals surface area contributed by atoms with Crippen LogP contribution in [0.25, 0.3) is 5.52 Å². The largest absolute Gasteiger partial charge is 0.302 e. The van der Waals surface area contributed by atoms with E-state index in [1.54, 1.807) is 6.07 Å². The number of aromatic nitrogens is 2. The van der Waals surface area contributed by atoms with E-state index in [0.717, 1.165) is 31.5 Å². The lowest BCUT2D eigenvalue weighted by Crippen LogP contribution is -2.26. The van der Waals surface area contributed by atoms with Crippen molar-refractivity contribution in [1.29, 1.82) is 0 Å². The molecule has 0 spiro atoms. The van der Waals surface area contributed by atoms with Crippen LogP contribution in [0.1, 0.15) is 32.0 Å². The molecule has 0 aromatic carbocycles. The Morgan fingerprint density at radius 1 is 1.42 bits per heavy atom. The Morgan fingerprint density at radius 3 is 2.89 bits per heavy atom. The Hall–Kier alpha value is -1.40. The third kappa shape index (κ3) is 2.37. The van der Waals surface area contributed by atoms with Gasteiger partial charge in [-0.1, -0.05) is 13.0 Å². The van der Waals surface area contributed by atoms with Crippen molar-refractivity contribution in [1.82, 2.24) is 14.1 Å². The molecule has 19 heavy (non-hydrogen) atoms. The predicted octanol–water partition coefficient (Wildman–Crippen LogP) is 1.73. The van der Waals surface area contributed by atoms with Gasteiger partial charge in [0, 0.05) is 18.7 Å². The number of hydrogen-bond donors (Lipinski definition) is 1. The van der Waals surface area contributed by atoms with Gasteiger partial charge in [0.15, 0.2) is 5.03 Å². The second-order valence-corrected chi connectivity index (χ2v) is 6.56. The molecule has 0 radical (unpaired) electrons. The summed E-state index contributed by atoms with van der Waals surface area (Å²) in [6.07, 6.45) is 5.41. The molecule has 3 rings (SSSR count). The fourth-order valence-electron chi connectivity index (χ4n) is 2.14. The Balaban J connectivity index is 2.12. The van der Waals surface area contributed by atoms with Gasteiger partial charge in [-0.2, -0.15) is 0 Å². The Morgan fingerprint density at radius 2 is 2.21 bits per heavy atom. The van der Waals surface area contributed by atoms with Crippen LogP contribution in [-0.2, 0) is 16.4 Å². The summed E-state index contributed by atoms with van der Waals surface area (Å²) < 4.78 is 29.2. The van der Waals surface area contributed by atoms with Gasteiger partial charge >= 0.3 is 0 Å². The molecule has 0 amide bonds. The molecule has 102 valence electrons. The summed E-state index contributed by atoms with van der Waals surface area (Å²) in [7, 11) is -3.50. The summed E-state index contributed by atoms with van der Waals surface area (Å²) in [5.74, 6) is 0.800. The van der Waals surface area contributed by atoms with Crippen LogP contribution in [-0.4, -0.2) is 23.8 Å². The number of rotatable bonds is 5. The first-order valence-electron chi connectivity index (χ1n) is 6.60. The van der Waals surface area contributed by atoms with Crippen LogP contribution < -0.4 is 4.72 Å². The third-order valence-corrected chi connectivity index (χ3v) is 4.67. The average Bonchev–Trinajstić information content (AvgIpc) is 3.09. The minimum Gasteiger partial charge on any atom is -0.302 e. The second-order valence-electron chi connectivity index (χ2n) is 4.93. The van der Waals surface area contributed by atoms with E-state index in [4.69, 9.17) is 0 Å². The van der Waals surface area contributed by atoms with Crippen molar-refractivity contribution in [2.45, 2.75) is 43.7 Å². The summed E-state index contributed by atoms with van der Waals surface area (Å²) in [4.78, 5) is 4.34. The minimum absolute atomic E-state index is 0.0973. The zero-order valence-electron chi connectivity index (χ0n) is 10.8. The number of aryl methyl sites for hydroxylation is 1. The van der Waals surface area contributed by atoms with E-state index < -0.39 is 10.0 Å². The molecule has 1 saturated carbocycles. The van der Waals surface area contributed by atoms with Gasteiger partial charge in [0.2, 0.25) is 0 Å². The number of sulfonamides is 1. The van der Waals surface area contributed by atoms with E-state index in [0.29, 0.717) is 5.52 Å². The molecule has 1 fully saturated rings. The molecule has 2 aromatic heterocycles. The van der Waals surface area contributed by atoms with Gasteiger partial charge in [-0.05, 0) is 31.4 Å². The van der Waals surface area contributed by atoms with E-state index in [2.05, 4.69) is 16.6 Å². The SMILES string of the molecule is CCCc1nc(S(=O)(=O)NC2CC2)c2ccccn12. The number of fused-ring (bicyclic) bond motifs is 1. The Bertz CT molecular complexity index is 702. The molecule has 0 bridgehead atoms. The molecule has 0 atom stereocenters. The van der Waals surface area contributed by atoms with Crippen molar-refractivity contribution in [3.8, 4) is 0 Å². The predicted molar refractivity (Wildman–Crippen MR) is 72.5 cm³/mol. The van der Waals surface area contributed by atoms with Crippen LogP contribution in [0.3, 0.4) is 0 Å². The Kier molecular flexibility index (Phi) is 3.06. The highest BCUT2D eigenvalue weighted by Gasteiger charge is 2.31. The van der Waals surface area contributed by atoms with Gasteiger partial charge in [0.1, 0.15) is 5.82 Å². The van der Waals surface area contributed by atoms with Gasteiger partial charge in [-0.3, -0.25) is 0 Å². The summed E-state index contributed by atoms with van der Waals surface area (Å²) >= 11 is 0. The fourth-order valence-corrected chi connectivity index (χ4v) is 3.60. The highest BCUT2D eigenvalue weighted by molar-refractivity contribution is 7.89. The normalized spacial score (nSPS) is 16.1. The lowest BCUT2D eigenvalue weighted by atomic mass is 10.3.